The highest BCUT2D eigenvalue weighted by Gasteiger charge is 2.22. The molecule has 0 saturated carbocycles. The maximum Gasteiger partial charge on any atom is 0.253 e. The molecule has 2 N–H and O–H groups in total. The number of hydrogen-bond donors (Lipinski definition) is 2. The van der Waals surface area contributed by atoms with Gasteiger partial charge in [0, 0.05) is 64.8 Å². The molecule has 5 rings (SSSR count). The van der Waals surface area contributed by atoms with Gasteiger partial charge >= 0.3 is 0 Å². The van der Waals surface area contributed by atoms with E-state index in [0.717, 1.165) is 41.2 Å². The molecule has 1 aliphatic rings. The molecule has 42 heavy (non-hydrogen) atoms. The van der Waals surface area contributed by atoms with Crippen molar-refractivity contribution in [3.05, 3.63) is 112 Å². The van der Waals surface area contributed by atoms with E-state index in [2.05, 4.69) is 15.5 Å². The molecule has 1 aliphatic heterocycles. The third-order valence-electron chi connectivity index (χ3n) is 6.77. The molecule has 0 aliphatic carbocycles. The van der Waals surface area contributed by atoms with Crippen molar-refractivity contribution < 1.29 is 14.0 Å². The van der Waals surface area contributed by atoms with E-state index in [1.54, 1.807) is 36.4 Å². The summed E-state index contributed by atoms with van der Waals surface area (Å²) in [6, 6.07) is 24.1. The Kier molecular flexibility index (Phi) is 9.27. The second-order valence-electron chi connectivity index (χ2n) is 9.83. The first-order valence-corrected chi connectivity index (χ1v) is 14.5. The topological polar surface area (TPSA) is 77.8 Å². The summed E-state index contributed by atoms with van der Waals surface area (Å²) in [6.07, 6.45) is 2.89. The minimum atomic E-state index is -0.397. The van der Waals surface area contributed by atoms with Crippen molar-refractivity contribution in [1.29, 1.82) is 0 Å². The average Bonchev–Trinajstić information content (AvgIpc) is 3.45. The summed E-state index contributed by atoms with van der Waals surface area (Å²) in [5, 5.41) is 6.85. The number of nitrogens with one attached hydrogen (secondary N) is 2. The molecule has 2 heterocycles. The van der Waals surface area contributed by atoms with Crippen LogP contribution >= 0.6 is 35.4 Å². The highest BCUT2D eigenvalue weighted by molar-refractivity contribution is 7.80. The Labute approximate surface area is 259 Å². The molecule has 2 amide bonds. The van der Waals surface area contributed by atoms with Crippen LogP contribution in [0.25, 0.3) is 17.4 Å². The number of aryl methyl sites for hydroxylation is 1. The normalized spacial score (nSPS) is 13.3. The van der Waals surface area contributed by atoms with Crippen LogP contribution in [0.15, 0.2) is 89.4 Å². The van der Waals surface area contributed by atoms with Crippen LogP contribution in [0, 0.1) is 6.92 Å². The number of halogens is 2. The number of nitrogens with zero attached hydrogens (tertiary/aromatic N) is 2. The molecule has 7 nitrogen and oxygen atoms in total. The Bertz CT molecular complexity index is 1610. The van der Waals surface area contributed by atoms with E-state index in [4.69, 9.17) is 39.8 Å². The average molecular weight is 620 g/mol. The van der Waals surface area contributed by atoms with Crippen LogP contribution in [0.5, 0.6) is 0 Å². The molecule has 10 heteroatoms. The third kappa shape index (κ3) is 7.59. The second-order valence-corrected chi connectivity index (χ2v) is 11.1. The Hall–Kier alpha value is -4.11. The van der Waals surface area contributed by atoms with Crippen molar-refractivity contribution in [3.63, 3.8) is 0 Å². The summed E-state index contributed by atoms with van der Waals surface area (Å²) in [5.74, 6) is 0.742. The molecule has 0 bridgehead atoms. The lowest BCUT2D eigenvalue weighted by atomic mass is 10.1. The zero-order valence-electron chi connectivity index (χ0n) is 22.8. The minimum Gasteiger partial charge on any atom is -0.457 e. The van der Waals surface area contributed by atoms with Gasteiger partial charge in [0.15, 0.2) is 5.11 Å². The van der Waals surface area contributed by atoms with Gasteiger partial charge in [0.05, 0.1) is 0 Å². The summed E-state index contributed by atoms with van der Waals surface area (Å²) in [5.41, 5.74) is 4.40. The third-order valence-corrected chi connectivity index (χ3v) is 7.41. The van der Waals surface area contributed by atoms with Crippen molar-refractivity contribution in [2.24, 2.45) is 0 Å². The van der Waals surface area contributed by atoms with Crippen molar-refractivity contribution >= 4 is 69.8 Å². The number of anilines is 2. The van der Waals surface area contributed by atoms with Gasteiger partial charge in [-0.1, -0.05) is 40.9 Å². The number of rotatable bonds is 6. The molecule has 0 atom stereocenters. The summed E-state index contributed by atoms with van der Waals surface area (Å²) in [7, 11) is 0. The number of hydrogen-bond acceptors (Lipinski definition) is 5. The summed E-state index contributed by atoms with van der Waals surface area (Å²) in [6.45, 7) is 4.81. The van der Waals surface area contributed by atoms with Gasteiger partial charge in [-0.2, -0.15) is 0 Å². The van der Waals surface area contributed by atoms with Crippen LogP contribution in [-0.4, -0.2) is 48.0 Å². The number of carbonyl (C=O) groups excluding carboxylic acids is 2. The first-order chi connectivity index (χ1) is 20.2. The van der Waals surface area contributed by atoms with Crippen molar-refractivity contribution in [2.45, 2.75) is 6.92 Å². The second kappa shape index (κ2) is 13.2. The molecule has 1 saturated heterocycles. The number of carbonyl (C=O) groups is 2. The van der Waals surface area contributed by atoms with Crippen molar-refractivity contribution in [1.82, 2.24) is 10.2 Å². The fourth-order valence-electron chi connectivity index (χ4n) is 4.57. The van der Waals surface area contributed by atoms with E-state index < -0.39 is 5.91 Å². The van der Waals surface area contributed by atoms with Gasteiger partial charge in [-0.25, -0.2) is 0 Å². The number of thiocarbonyl (C=S) groups is 1. The van der Waals surface area contributed by atoms with Gasteiger partial charge in [-0.05, 0) is 91.9 Å². The first kappa shape index (κ1) is 29.4. The molecule has 1 aromatic heterocycles. The summed E-state index contributed by atoms with van der Waals surface area (Å²) < 4.78 is 5.78. The van der Waals surface area contributed by atoms with Gasteiger partial charge in [0.25, 0.3) is 5.91 Å². The van der Waals surface area contributed by atoms with Gasteiger partial charge in [-0.15, -0.1) is 0 Å². The van der Waals surface area contributed by atoms with E-state index in [1.165, 1.54) is 6.08 Å². The van der Waals surface area contributed by atoms with Crippen LogP contribution in [0.4, 0.5) is 11.4 Å². The first-order valence-electron chi connectivity index (χ1n) is 13.3. The van der Waals surface area contributed by atoms with Crippen molar-refractivity contribution in [3.8, 4) is 11.3 Å². The van der Waals surface area contributed by atoms with E-state index in [9.17, 15) is 9.59 Å². The largest absolute Gasteiger partial charge is 0.457 e. The maximum atomic E-state index is 12.8. The van der Waals surface area contributed by atoms with Gasteiger partial charge in [0.2, 0.25) is 5.91 Å². The number of furan rings is 1. The monoisotopic (exact) mass is 618 g/mol. The van der Waals surface area contributed by atoms with Crippen LogP contribution in [-0.2, 0) is 4.79 Å². The van der Waals surface area contributed by atoms with Crippen LogP contribution in [0.3, 0.4) is 0 Å². The van der Waals surface area contributed by atoms with Crippen LogP contribution in [0.1, 0.15) is 21.7 Å². The quantitative estimate of drug-likeness (QED) is 0.178. The summed E-state index contributed by atoms with van der Waals surface area (Å²) >= 11 is 17.4. The molecule has 0 spiro atoms. The fraction of sp³-hybridized carbons (Fsp3) is 0.156. The van der Waals surface area contributed by atoms with Crippen molar-refractivity contribution in [2.75, 3.05) is 36.4 Å². The molecular weight excluding hydrogens is 591 g/mol. The van der Waals surface area contributed by atoms with Gasteiger partial charge < -0.3 is 19.5 Å². The molecule has 4 aromatic rings. The highest BCUT2D eigenvalue weighted by atomic mass is 35.5. The lowest BCUT2D eigenvalue weighted by Crippen LogP contribution is -2.48. The summed E-state index contributed by atoms with van der Waals surface area (Å²) in [4.78, 5) is 29.3. The molecule has 3 aromatic carbocycles. The van der Waals surface area contributed by atoms with E-state index >= 15 is 0 Å². The van der Waals surface area contributed by atoms with Gasteiger partial charge in [0.1, 0.15) is 11.5 Å². The standard InChI is InChI=1S/C32H28Cl2N4O3S/c1-21-2-4-22(5-3-21)31(40)38-16-14-37(15-17-38)27-8-6-26(7-9-27)35-32(42)36-30(39)13-11-28-10-12-29(41-28)23-18-24(33)20-25(34)19-23/h2-13,18-20H,14-17H2,1H3,(H2,35,36,39,42)/b13-11+. The van der Waals surface area contributed by atoms with E-state index in [0.29, 0.717) is 34.7 Å². The zero-order chi connectivity index (χ0) is 29.6. The SMILES string of the molecule is Cc1ccc(C(=O)N2CCN(c3ccc(NC(=S)NC(=O)/C=C/c4ccc(-c5cc(Cl)cc(Cl)c5)o4)cc3)CC2)cc1. The predicted molar refractivity (Wildman–Crippen MR) is 173 cm³/mol. The lowest BCUT2D eigenvalue weighted by Gasteiger charge is -2.36. The molecule has 214 valence electrons. The Morgan fingerprint density at radius 2 is 1.55 bits per heavy atom. The fourth-order valence-corrected chi connectivity index (χ4v) is 5.31. The van der Waals surface area contributed by atoms with E-state index in [-0.39, 0.29) is 11.0 Å². The van der Waals surface area contributed by atoms with Crippen LogP contribution in [0.2, 0.25) is 10.0 Å². The highest BCUT2D eigenvalue weighted by Crippen LogP contribution is 2.29. The molecule has 0 unspecified atom stereocenters. The lowest BCUT2D eigenvalue weighted by molar-refractivity contribution is -0.115. The van der Waals surface area contributed by atoms with Gasteiger partial charge in [-0.3, -0.25) is 14.9 Å². The Morgan fingerprint density at radius 3 is 2.21 bits per heavy atom. The smallest absolute Gasteiger partial charge is 0.253 e. The zero-order valence-corrected chi connectivity index (χ0v) is 25.1. The Balaban J connectivity index is 1.08. The Morgan fingerprint density at radius 1 is 0.881 bits per heavy atom. The van der Waals surface area contributed by atoms with E-state index in [1.807, 2.05) is 60.4 Å². The minimum absolute atomic E-state index is 0.0661. The predicted octanol–water partition coefficient (Wildman–Crippen LogP) is 7.05. The number of piperazine rings is 1. The number of benzene rings is 3. The van der Waals surface area contributed by atoms with Crippen LogP contribution < -0.4 is 15.5 Å². The molecular formula is C32H28Cl2N4O3S. The number of amides is 2. The maximum absolute atomic E-state index is 12.8. The molecule has 1 fully saturated rings. The molecule has 0 radical (unpaired) electrons.